The Morgan fingerprint density at radius 1 is 1.39 bits per heavy atom. The average Bonchev–Trinajstić information content (AvgIpc) is 2.37. The molecule has 1 aliphatic rings. The van der Waals surface area contributed by atoms with Gasteiger partial charge in [0.2, 0.25) is 0 Å². The van der Waals surface area contributed by atoms with Gasteiger partial charge in [0.05, 0.1) is 5.60 Å². The molecule has 1 saturated carbocycles. The lowest BCUT2D eigenvalue weighted by atomic mass is 9.85. The Balaban J connectivity index is 2.34. The van der Waals surface area contributed by atoms with Crippen LogP contribution in [-0.2, 0) is 4.74 Å². The van der Waals surface area contributed by atoms with Crippen molar-refractivity contribution in [2.75, 3.05) is 20.3 Å². The van der Waals surface area contributed by atoms with Crippen LogP contribution >= 0.6 is 0 Å². The Morgan fingerprint density at radius 3 is 2.67 bits per heavy atom. The van der Waals surface area contributed by atoms with Crippen molar-refractivity contribution in [2.45, 2.75) is 51.2 Å². The van der Waals surface area contributed by atoms with E-state index in [1.54, 1.807) is 7.11 Å². The minimum absolute atomic E-state index is 0.0920. The number of hydrogen-bond donors (Lipinski definition) is 3. The highest BCUT2D eigenvalue weighted by Crippen LogP contribution is 2.23. The van der Waals surface area contributed by atoms with Crippen molar-refractivity contribution in [3.05, 3.63) is 0 Å². The Morgan fingerprint density at radius 2 is 2.06 bits per heavy atom. The molecule has 0 aliphatic heterocycles. The van der Waals surface area contributed by atoms with Crippen molar-refractivity contribution < 1.29 is 14.6 Å². The number of carbonyl (C=O) groups is 1. The predicted molar refractivity (Wildman–Crippen MR) is 70.5 cm³/mol. The Kier molecular flexibility index (Phi) is 5.88. The van der Waals surface area contributed by atoms with Crippen LogP contribution in [0, 0.1) is 5.92 Å². The van der Waals surface area contributed by atoms with Gasteiger partial charge in [0.25, 0.3) is 0 Å². The number of carbonyl (C=O) groups excluding carboxylic acids is 1. The van der Waals surface area contributed by atoms with E-state index in [0.29, 0.717) is 6.54 Å². The van der Waals surface area contributed by atoms with E-state index in [0.717, 1.165) is 25.7 Å². The fourth-order valence-electron chi connectivity index (χ4n) is 2.20. The molecule has 0 saturated heterocycles. The molecule has 18 heavy (non-hydrogen) atoms. The van der Waals surface area contributed by atoms with Gasteiger partial charge in [-0.2, -0.15) is 0 Å². The Labute approximate surface area is 109 Å². The summed E-state index contributed by atoms with van der Waals surface area (Å²) in [6.45, 7) is 4.45. The zero-order valence-electron chi connectivity index (χ0n) is 11.7. The van der Waals surface area contributed by atoms with Crippen LogP contribution in [0.3, 0.4) is 0 Å². The molecule has 0 aromatic rings. The zero-order chi connectivity index (χ0) is 13.6. The van der Waals surface area contributed by atoms with E-state index >= 15 is 0 Å². The normalized spacial score (nSPS) is 24.7. The molecule has 2 unspecified atom stereocenters. The standard InChI is InChI=1S/C13H26N2O3/c1-13(2,18-3)9-14-12(17)15-11-7-5-4-6-10(11)8-16/h10-11,16H,4-9H2,1-3H3,(H2,14,15,17). The molecule has 3 N–H and O–H groups in total. The second-order valence-corrected chi connectivity index (χ2v) is 5.62. The molecule has 1 fully saturated rings. The van der Waals surface area contributed by atoms with Crippen molar-refractivity contribution in [3.8, 4) is 0 Å². The van der Waals surface area contributed by atoms with Crippen LogP contribution in [0.1, 0.15) is 39.5 Å². The molecule has 5 nitrogen and oxygen atoms in total. The molecular formula is C13H26N2O3. The summed E-state index contributed by atoms with van der Waals surface area (Å²) in [4.78, 5) is 11.8. The van der Waals surface area contributed by atoms with E-state index in [1.807, 2.05) is 13.8 Å². The van der Waals surface area contributed by atoms with Crippen LogP contribution in [0.25, 0.3) is 0 Å². The summed E-state index contributed by atoms with van der Waals surface area (Å²) in [6, 6.07) is -0.0834. The van der Waals surface area contributed by atoms with Crippen molar-refractivity contribution in [2.24, 2.45) is 5.92 Å². The lowest BCUT2D eigenvalue weighted by Crippen LogP contribution is -2.50. The highest BCUT2D eigenvalue weighted by Gasteiger charge is 2.26. The number of aliphatic hydroxyl groups is 1. The highest BCUT2D eigenvalue weighted by atomic mass is 16.5. The predicted octanol–water partition coefficient (Wildman–Crippen LogP) is 1.26. The smallest absolute Gasteiger partial charge is 0.315 e. The van der Waals surface area contributed by atoms with Crippen LogP contribution in [0.5, 0.6) is 0 Å². The largest absolute Gasteiger partial charge is 0.396 e. The van der Waals surface area contributed by atoms with Crippen LogP contribution in [0.4, 0.5) is 4.79 Å². The molecule has 0 bridgehead atoms. The maximum Gasteiger partial charge on any atom is 0.315 e. The maximum absolute atomic E-state index is 11.8. The van der Waals surface area contributed by atoms with Gasteiger partial charge in [0.15, 0.2) is 0 Å². The summed E-state index contributed by atoms with van der Waals surface area (Å²) >= 11 is 0. The summed E-state index contributed by atoms with van der Waals surface area (Å²) < 4.78 is 5.24. The van der Waals surface area contributed by atoms with E-state index in [2.05, 4.69) is 10.6 Å². The minimum atomic E-state index is -0.361. The molecule has 2 amide bonds. The molecule has 1 aliphatic carbocycles. The fourth-order valence-corrected chi connectivity index (χ4v) is 2.20. The van der Waals surface area contributed by atoms with Crippen LogP contribution in [-0.4, -0.2) is 43.0 Å². The topological polar surface area (TPSA) is 70.6 Å². The summed E-state index contributed by atoms with van der Waals surface area (Å²) in [5.74, 6) is 0.194. The van der Waals surface area contributed by atoms with E-state index in [-0.39, 0.29) is 30.2 Å². The molecular weight excluding hydrogens is 232 g/mol. The van der Waals surface area contributed by atoms with Gasteiger partial charge in [-0.1, -0.05) is 12.8 Å². The maximum atomic E-state index is 11.8. The van der Waals surface area contributed by atoms with E-state index in [9.17, 15) is 9.90 Å². The number of methoxy groups -OCH3 is 1. The molecule has 2 atom stereocenters. The van der Waals surface area contributed by atoms with Gasteiger partial charge in [-0.3, -0.25) is 0 Å². The van der Waals surface area contributed by atoms with E-state index in [1.165, 1.54) is 0 Å². The molecule has 0 aromatic heterocycles. The van der Waals surface area contributed by atoms with Crippen molar-refractivity contribution in [3.63, 3.8) is 0 Å². The van der Waals surface area contributed by atoms with Gasteiger partial charge in [0, 0.05) is 32.2 Å². The SMILES string of the molecule is COC(C)(C)CNC(=O)NC1CCCCC1CO. The number of aliphatic hydroxyl groups excluding tert-OH is 1. The molecule has 0 aromatic carbocycles. The van der Waals surface area contributed by atoms with Gasteiger partial charge < -0.3 is 20.5 Å². The van der Waals surface area contributed by atoms with E-state index in [4.69, 9.17) is 4.74 Å². The summed E-state index contributed by atoms with van der Waals surface area (Å²) in [7, 11) is 1.63. The number of ether oxygens (including phenoxy) is 1. The molecule has 106 valence electrons. The van der Waals surface area contributed by atoms with Crippen LogP contribution < -0.4 is 10.6 Å². The highest BCUT2D eigenvalue weighted by molar-refractivity contribution is 5.74. The van der Waals surface area contributed by atoms with Crippen LogP contribution in [0.2, 0.25) is 0 Å². The quantitative estimate of drug-likeness (QED) is 0.695. The molecule has 0 heterocycles. The van der Waals surface area contributed by atoms with Gasteiger partial charge in [-0.15, -0.1) is 0 Å². The minimum Gasteiger partial charge on any atom is -0.396 e. The van der Waals surface area contributed by atoms with Gasteiger partial charge in [0.1, 0.15) is 0 Å². The molecule has 1 rings (SSSR count). The first-order chi connectivity index (χ1) is 8.48. The second-order valence-electron chi connectivity index (χ2n) is 5.62. The summed E-state index contributed by atoms with van der Waals surface area (Å²) in [5, 5.41) is 15.0. The average molecular weight is 258 g/mol. The number of nitrogens with one attached hydrogen (secondary N) is 2. The molecule has 0 radical (unpaired) electrons. The lowest BCUT2D eigenvalue weighted by molar-refractivity contribution is 0.0251. The van der Waals surface area contributed by atoms with E-state index < -0.39 is 0 Å². The Hall–Kier alpha value is -0.810. The number of urea groups is 1. The first kappa shape index (κ1) is 15.2. The third kappa shape index (κ3) is 4.82. The van der Waals surface area contributed by atoms with Gasteiger partial charge in [-0.25, -0.2) is 4.79 Å². The zero-order valence-corrected chi connectivity index (χ0v) is 11.7. The molecule has 0 spiro atoms. The van der Waals surface area contributed by atoms with Gasteiger partial charge >= 0.3 is 6.03 Å². The first-order valence-electron chi connectivity index (χ1n) is 6.69. The van der Waals surface area contributed by atoms with Crippen molar-refractivity contribution in [1.29, 1.82) is 0 Å². The summed E-state index contributed by atoms with van der Waals surface area (Å²) in [6.07, 6.45) is 4.20. The third-order valence-electron chi connectivity index (χ3n) is 3.69. The lowest BCUT2D eigenvalue weighted by Gasteiger charge is -2.31. The van der Waals surface area contributed by atoms with Crippen molar-refractivity contribution in [1.82, 2.24) is 10.6 Å². The Bertz CT molecular complexity index is 269. The third-order valence-corrected chi connectivity index (χ3v) is 3.69. The number of rotatable bonds is 5. The fraction of sp³-hybridized carbons (Fsp3) is 0.923. The van der Waals surface area contributed by atoms with Crippen LogP contribution in [0.15, 0.2) is 0 Å². The second kappa shape index (κ2) is 6.95. The van der Waals surface area contributed by atoms with Gasteiger partial charge in [-0.05, 0) is 26.7 Å². The van der Waals surface area contributed by atoms with Crippen molar-refractivity contribution >= 4 is 6.03 Å². The number of hydrogen-bond acceptors (Lipinski definition) is 3. The molecule has 5 heteroatoms. The number of amides is 2. The first-order valence-corrected chi connectivity index (χ1v) is 6.69. The summed E-state index contributed by atoms with van der Waals surface area (Å²) in [5.41, 5.74) is -0.361. The monoisotopic (exact) mass is 258 g/mol.